The van der Waals surface area contributed by atoms with Gasteiger partial charge in [0.15, 0.2) is 5.13 Å². The molecule has 5 rings (SSSR count). The highest BCUT2D eigenvalue weighted by Gasteiger charge is 2.54. The van der Waals surface area contributed by atoms with Crippen LogP contribution in [0.5, 0.6) is 0 Å². The Balaban J connectivity index is 1.32. The largest absolute Gasteiger partial charge is 0.477 e. The monoisotopic (exact) mass is 627 g/mol. The molecule has 2 aliphatic rings. The Hall–Kier alpha value is -4.35. The number of aryl methyl sites for hydroxylation is 1. The van der Waals surface area contributed by atoms with Crippen LogP contribution in [-0.2, 0) is 32.3 Å². The van der Waals surface area contributed by atoms with E-state index in [0.29, 0.717) is 17.0 Å². The number of rotatable bonds is 14. The molecule has 0 aromatic carbocycles. The zero-order valence-corrected chi connectivity index (χ0v) is 24.9. The van der Waals surface area contributed by atoms with E-state index >= 15 is 0 Å². The molecule has 0 aliphatic carbocycles. The molecule has 15 nitrogen and oxygen atoms in total. The van der Waals surface area contributed by atoms with Crippen LogP contribution < -0.4 is 20.9 Å². The highest BCUT2D eigenvalue weighted by molar-refractivity contribution is 8.00. The van der Waals surface area contributed by atoms with Gasteiger partial charge in [0.1, 0.15) is 35.8 Å². The minimum Gasteiger partial charge on any atom is -0.477 e. The molecule has 226 valence electrons. The summed E-state index contributed by atoms with van der Waals surface area (Å²) in [6.07, 6.45) is 6.34. The molecule has 2 atom stereocenters. The number of aliphatic carboxylic acids is 1. The molecule has 0 saturated carbocycles. The Labute approximate surface area is 254 Å². The summed E-state index contributed by atoms with van der Waals surface area (Å²) >= 11 is 2.26. The number of thioether (sulfide) groups is 1. The number of nitrogens with zero attached hydrogens (tertiary/aromatic N) is 7. The number of nitrogen functional groups attached to an aromatic ring is 1. The molecule has 0 radical (unpaired) electrons. The molecule has 1 saturated heterocycles. The molecule has 0 bridgehead atoms. The fourth-order valence-electron chi connectivity index (χ4n) is 4.83. The number of pyridine rings is 1. The Morgan fingerprint density at radius 1 is 1.42 bits per heavy atom. The van der Waals surface area contributed by atoms with E-state index in [2.05, 4.69) is 41.3 Å². The summed E-state index contributed by atoms with van der Waals surface area (Å²) in [6.45, 7) is 8.19. The van der Waals surface area contributed by atoms with Gasteiger partial charge in [-0.15, -0.1) is 18.3 Å². The maximum absolute atomic E-state index is 13.3. The van der Waals surface area contributed by atoms with Gasteiger partial charge < -0.3 is 30.9 Å². The summed E-state index contributed by atoms with van der Waals surface area (Å²) in [5.74, 6) is -2.18. The SMILES string of the molecule is C=CCNCCCn1cnc2c1ccc[n+]2CC1=C(C(=O)O)N2C(=O)C(NC(=O)/C(=N\OCC)c3nsc(N)n3)C2SC1. The molecule has 5 heterocycles. The van der Waals surface area contributed by atoms with E-state index in [1.165, 1.54) is 16.7 Å². The molecule has 3 aromatic heterocycles. The lowest BCUT2D eigenvalue weighted by molar-refractivity contribution is -0.664. The van der Waals surface area contributed by atoms with Crippen molar-refractivity contribution in [1.29, 1.82) is 0 Å². The number of oxime groups is 1. The molecule has 5 N–H and O–H groups in total. The Morgan fingerprint density at radius 2 is 2.26 bits per heavy atom. The van der Waals surface area contributed by atoms with Crippen molar-refractivity contribution in [3.8, 4) is 0 Å². The maximum atomic E-state index is 13.3. The minimum absolute atomic E-state index is 0.0280. The standard InChI is InChI=1S/C26H30N10O5S2/c1-3-8-28-9-6-11-35-14-29-21-16(35)7-5-10-34(21)12-15-13-42-24-18(23(38)36(24)19(15)25(39)40)30-22(37)17(32-41-4-2)20-31-26(27)43-33-20/h3,5,7,10,14,18,24,28H,1,4,6,8-9,11-13H2,2H3,(H3-,27,30,31,33,37,39,40)/p+1/b32-17-. The van der Waals surface area contributed by atoms with Crippen LogP contribution in [-0.4, -0.2) is 89.3 Å². The van der Waals surface area contributed by atoms with Crippen molar-refractivity contribution in [3.05, 3.63) is 54.4 Å². The summed E-state index contributed by atoms with van der Waals surface area (Å²) in [5.41, 5.74) is 7.53. The number of aromatic nitrogens is 5. The molecule has 2 aliphatic heterocycles. The van der Waals surface area contributed by atoms with Gasteiger partial charge in [0, 0.05) is 35.9 Å². The second kappa shape index (κ2) is 13.3. The molecule has 0 spiro atoms. The van der Waals surface area contributed by atoms with E-state index in [-0.39, 0.29) is 35.5 Å². The lowest BCUT2D eigenvalue weighted by Crippen LogP contribution is -2.71. The summed E-state index contributed by atoms with van der Waals surface area (Å²) in [7, 11) is 0. The molecule has 2 unspecified atom stereocenters. The predicted octanol–water partition coefficient (Wildman–Crippen LogP) is 0.103. The number of hydrogen-bond donors (Lipinski definition) is 4. The van der Waals surface area contributed by atoms with E-state index in [1.807, 2.05) is 29.0 Å². The van der Waals surface area contributed by atoms with Gasteiger partial charge in [-0.25, -0.2) is 9.36 Å². The van der Waals surface area contributed by atoms with Crippen LogP contribution in [0.1, 0.15) is 19.2 Å². The first-order valence-corrected chi connectivity index (χ1v) is 15.3. The molecule has 43 heavy (non-hydrogen) atoms. The van der Waals surface area contributed by atoms with Gasteiger partial charge in [-0.05, 0) is 37.0 Å². The summed E-state index contributed by atoms with van der Waals surface area (Å²) in [6, 6.07) is 2.89. The third-order valence-corrected chi connectivity index (χ3v) is 8.62. The zero-order chi connectivity index (χ0) is 30.5. The molecule has 17 heteroatoms. The number of carbonyl (C=O) groups excluding carboxylic acids is 2. The number of fused-ring (bicyclic) bond motifs is 2. The normalized spacial score (nSPS) is 18.4. The fourth-order valence-corrected chi connectivity index (χ4v) is 6.60. The van der Waals surface area contributed by atoms with E-state index in [0.717, 1.165) is 43.1 Å². The molecular weight excluding hydrogens is 596 g/mol. The van der Waals surface area contributed by atoms with E-state index in [1.54, 1.807) is 13.3 Å². The number of amides is 2. The van der Waals surface area contributed by atoms with Crippen molar-refractivity contribution in [2.24, 2.45) is 5.16 Å². The highest BCUT2D eigenvalue weighted by atomic mass is 32.2. The third kappa shape index (κ3) is 6.23. The van der Waals surface area contributed by atoms with Gasteiger partial charge in [0.05, 0.1) is 6.20 Å². The Bertz CT molecular complexity index is 1620. The van der Waals surface area contributed by atoms with Crippen LogP contribution >= 0.6 is 23.3 Å². The fraction of sp³-hybridized carbons (Fsp3) is 0.385. The second-order valence-electron chi connectivity index (χ2n) is 9.56. The molecular formula is C26H31N10O5S2+. The van der Waals surface area contributed by atoms with Crippen molar-refractivity contribution in [2.75, 3.05) is 31.2 Å². The lowest BCUT2D eigenvalue weighted by Gasteiger charge is -2.49. The maximum Gasteiger partial charge on any atom is 0.352 e. The lowest BCUT2D eigenvalue weighted by atomic mass is 10.0. The number of carboxylic acid groups (broad SMARTS) is 1. The van der Waals surface area contributed by atoms with Crippen molar-refractivity contribution >= 4 is 63.1 Å². The summed E-state index contributed by atoms with van der Waals surface area (Å²) in [4.78, 5) is 53.6. The molecule has 3 aromatic rings. The Morgan fingerprint density at radius 3 is 2.98 bits per heavy atom. The number of hydrogen-bond acceptors (Lipinski definition) is 12. The highest BCUT2D eigenvalue weighted by Crippen LogP contribution is 2.40. The van der Waals surface area contributed by atoms with Crippen LogP contribution in [0.4, 0.5) is 5.13 Å². The first kappa shape index (κ1) is 30.1. The number of nitrogens with two attached hydrogens (primary N) is 1. The molecule has 1 fully saturated rings. The van der Waals surface area contributed by atoms with E-state index in [9.17, 15) is 19.5 Å². The van der Waals surface area contributed by atoms with Crippen LogP contribution in [0.25, 0.3) is 11.2 Å². The van der Waals surface area contributed by atoms with Gasteiger partial charge in [-0.3, -0.25) is 14.5 Å². The van der Waals surface area contributed by atoms with E-state index < -0.39 is 29.2 Å². The van der Waals surface area contributed by atoms with Crippen molar-refractivity contribution in [1.82, 2.24) is 34.4 Å². The predicted molar refractivity (Wildman–Crippen MR) is 160 cm³/mol. The van der Waals surface area contributed by atoms with Crippen LogP contribution in [0.2, 0.25) is 0 Å². The van der Waals surface area contributed by atoms with Crippen LogP contribution in [0.3, 0.4) is 0 Å². The van der Waals surface area contributed by atoms with Gasteiger partial charge >= 0.3 is 11.6 Å². The van der Waals surface area contributed by atoms with Gasteiger partial charge in [0.2, 0.25) is 17.9 Å². The van der Waals surface area contributed by atoms with Crippen molar-refractivity contribution in [3.63, 3.8) is 0 Å². The zero-order valence-electron chi connectivity index (χ0n) is 23.3. The minimum atomic E-state index is -1.22. The number of imidazole rings is 1. The van der Waals surface area contributed by atoms with E-state index in [4.69, 9.17) is 10.6 Å². The topological polar surface area (TPSA) is 194 Å². The summed E-state index contributed by atoms with van der Waals surface area (Å²) < 4.78 is 7.95. The summed E-state index contributed by atoms with van der Waals surface area (Å²) in [5, 5.41) is 19.4. The number of β-lactam (4-membered cyclic amide) rings is 1. The van der Waals surface area contributed by atoms with Crippen molar-refractivity contribution < 1.29 is 28.9 Å². The number of nitrogens with one attached hydrogen (secondary N) is 2. The van der Waals surface area contributed by atoms with Gasteiger partial charge in [-0.1, -0.05) is 11.2 Å². The number of carbonyl (C=O) groups is 3. The van der Waals surface area contributed by atoms with Gasteiger partial charge in [0.25, 0.3) is 11.8 Å². The molecule has 2 amide bonds. The second-order valence-corrected chi connectivity index (χ2v) is 11.4. The first-order chi connectivity index (χ1) is 20.8. The quantitative estimate of drug-likeness (QED) is 0.0473. The Kier molecular flexibility index (Phi) is 9.32. The van der Waals surface area contributed by atoms with Gasteiger partial charge in [-0.2, -0.15) is 9.36 Å². The average Bonchev–Trinajstić information content (AvgIpc) is 3.62. The van der Waals surface area contributed by atoms with Crippen molar-refractivity contribution in [2.45, 2.75) is 37.8 Å². The van der Waals surface area contributed by atoms with Crippen LogP contribution in [0, 0.1) is 0 Å². The number of carboxylic acids is 1. The van der Waals surface area contributed by atoms with Crippen LogP contribution in [0.15, 0.2) is 53.7 Å². The number of anilines is 1. The first-order valence-electron chi connectivity index (χ1n) is 13.5. The smallest absolute Gasteiger partial charge is 0.352 e. The average molecular weight is 628 g/mol. The third-order valence-electron chi connectivity index (χ3n) is 6.74.